The van der Waals surface area contributed by atoms with Crippen molar-refractivity contribution in [3.63, 3.8) is 0 Å². The highest BCUT2D eigenvalue weighted by Gasteiger charge is 2.16. The number of carbonyl (C=O) groups excluding carboxylic acids is 1. The molecule has 1 aliphatic carbocycles. The van der Waals surface area contributed by atoms with Crippen LogP contribution in [0.15, 0.2) is 53.3 Å². The fraction of sp³-hybridized carbons (Fsp3) is 0.346. The SMILES string of the molecule is O=C(COc1cccc(CNC[C@@H](O)c2ccc(O)c3[nH]c(=O)ccc23)c1)NC1C[CH]CCC1. The molecule has 34 heavy (non-hydrogen) atoms. The number of nitrogens with one attached hydrogen (secondary N) is 3. The number of ether oxygens (including phenoxy) is 1. The Labute approximate surface area is 198 Å². The van der Waals surface area contributed by atoms with Crippen LogP contribution in [-0.4, -0.2) is 40.3 Å². The van der Waals surface area contributed by atoms with Gasteiger partial charge in [0.25, 0.3) is 5.91 Å². The van der Waals surface area contributed by atoms with E-state index in [1.54, 1.807) is 12.1 Å². The number of pyridine rings is 1. The Bertz CT molecular complexity index is 1190. The molecule has 1 unspecified atom stereocenters. The number of hydrogen-bond donors (Lipinski definition) is 5. The normalized spacial score (nSPS) is 15.2. The highest BCUT2D eigenvalue weighted by Crippen LogP contribution is 2.28. The Hall–Kier alpha value is -3.36. The monoisotopic (exact) mass is 464 g/mol. The van der Waals surface area contributed by atoms with Gasteiger partial charge < -0.3 is 30.6 Å². The van der Waals surface area contributed by atoms with E-state index in [9.17, 15) is 19.8 Å². The van der Waals surface area contributed by atoms with Gasteiger partial charge in [-0.2, -0.15) is 0 Å². The molecule has 1 aliphatic rings. The minimum absolute atomic E-state index is 0.0257. The predicted octanol–water partition coefficient (Wildman–Crippen LogP) is 2.70. The fourth-order valence-electron chi connectivity index (χ4n) is 4.25. The number of aliphatic hydroxyl groups is 1. The molecule has 1 saturated carbocycles. The third kappa shape index (κ3) is 6.15. The van der Waals surface area contributed by atoms with E-state index >= 15 is 0 Å². The van der Waals surface area contributed by atoms with E-state index in [1.165, 1.54) is 12.1 Å². The smallest absolute Gasteiger partial charge is 0.258 e. The number of hydrogen-bond acceptors (Lipinski definition) is 6. The topological polar surface area (TPSA) is 124 Å². The number of benzene rings is 2. The summed E-state index contributed by atoms with van der Waals surface area (Å²) >= 11 is 0. The number of fused-ring (bicyclic) bond motifs is 1. The van der Waals surface area contributed by atoms with E-state index in [0.717, 1.165) is 31.2 Å². The van der Waals surface area contributed by atoms with Crippen LogP contribution in [0.2, 0.25) is 0 Å². The van der Waals surface area contributed by atoms with Crippen LogP contribution in [0.1, 0.15) is 42.9 Å². The summed E-state index contributed by atoms with van der Waals surface area (Å²) in [6.07, 6.45) is 5.52. The van der Waals surface area contributed by atoms with Crippen LogP contribution in [0.3, 0.4) is 0 Å². The Balaban J connectivity index is 1.28. The van der Waals surface area contributed by atoms with Gasteiger partial charge in [0.2, 0.25) is 5.56 Å². The zero-order valence-electron chi connectivity index (χ0n) is 18.9. The molecule has 0 spiro atoms. The summed E-state index contributed by atoms with van der Waals surface area (Å²) in [7, 11) is 0. The third-order valence-corrected chi connectivity index (χ3v) is 5.98. The molecule has 1 radical (unpaired) electrons. The molecule has 179 valence electrons. The molecule has 8 nitrogen and oxygen atoms in total. The summed E-state index contributed by atoms with van der Waals surface area (Å²) < 4.78 is 5.66. The van der Waals surface area contributed by atoms with Gasteiger partial charge in [-0.1, -0.05) is 31.0 Å². The van der Waals surface area contributed by atoms with Crippen molar-refractivity contribution in [1.82, 2.24) is 15.6 Å². The first-order valence-corrected chi connectivity index (χ1v) is 11.6. The van der Waals surface area contributed by atoms with Crippen molar-refractivity contribution in [2.45, 2.75) is 44.4 Å². The Morgan fingerprint density at radius 1 is 1.21 bits per heavy atom. The second-order valence-corrected chi connectivity index (χ2v) is 8.59. The van der Waals surface area contributed by atoms with Crippen molar-refractivity contribution < 1.29 is 19.7 Å². The highest BCUT2D eigenvalue weighted by atomic mass is 16.5. The number of aromatic nitrogens is 1. The molecule has 3 aromatic rings. The predicted molar refractivity (Wildman–Crippen MR) is 130 cm³/mol. The lowest BCUT2D eigenvalue weighted by molar-refractivity contribution is -0.123. The molecular formula is C26H30N3O5. The van der Waals surface area contributed by atoms with Gasteiger partial charge in [0.05, 0.1) is 11.6 Å². The van der Waals surface area contributed by atoms with Crippen LogP contribution < -0.4 is 20.9 Å². The summed E-state index contributed by atoms with van der Waals surface area (Å²) in [6, 6.07) is 13.7. The highest BCUT2D eigenvalue weighted by molar-refractivity contribution is 5.87. The summed E-state index contributed by atoms with van der Waals surface area (Å²) in [4.78, 5) is 26.3. The van der Waals surface area contributed by atoms with Crippen LogP contribution in [-0.2, 0) is 11.3 Å². The second-order valence-electron chi connectivity index (χ2n) is 8.59. The molecule has 5 N–H and O–H groups in total. The van der Waals surface area contributed by atoms with Gasteiger partial charge in [-0.05, 0) is 54.7 Å². The summed E-state index contributed by atoms with van der Waals surface area (Å²) in [5.74, 6) is 0.451. The van der Waals surface area contributed by atoms with E-state index in [1.807, 2.05) is 24.3 Å². The second kappa shape index (κ2) is 11.2. The first-order valence-electron chi connectivity index (χ1n) is 11.6. The minimum Gasteiger partial charge on any atom is -0.506 e. The van der Waals surface area contributed by atoms with Crippen LogP contribution >= 0.6 is 0 Å². The van der Waals surface area contributed by atoms with Crippen LogP contribution in [0, 0.1) is 6.42 Å². The molecule has 0 aliphatic heterocycles. The Morgan fingerprint density at radius 2 is 2.09 bits per heavy atom. The Kier molecular flexibility index (Phi) is 7.82. The molecular weight excluding hydrogens is 434 g/mol. The number of aliphatic hydroxyl groups excluding tert-OH is 1. The molecule has 0 bridgehead atoms. The zero-order valence-corrected chi connectivity index (χ0v) is 18.9. The average molecular weight is 465 g/mol. The number of phenolic OH excluding ortho intramolecular Hbond substituents is 1. The first-order chi connectivity index (χ1) is 16.5. The molecule has 4 rings (SSSR count). The van der Waals surface area contributed by atoms with Gasteiger partial charge in [-0.15, -0.1) is 0 Å². The summed E-state index contributed by atoms with van der Waals surface area (Å²) in [6.45, 7) is 0.734. The van der Waals surface area contributed by atoms with E-state index in [-0.39, 0.29) is 36.4 Å². The van der Waals surface area contributed by atoms with Gasteiger partial charge in [0, 0.05) is 30.6 Å². The number of aromatic hydroxyl groups is 1. The molecule has 1 aromatic heterocycles. The standard InChI is InChI=1S/C26H30N3O5/c30-22-11-9-20(21-10-12-24(32)29-26(21)22)23(31)15-27-14-17-5-4-8-19(13-17)34-16-25(33)28-18-6-2-1-3-7-18/h2,4-5,8-13,18,23,27,30-31H,1,3,6-7,14-16H2,(H,28,33)(H,29,32)/t18?,23-/m1/s1. The number of amides is 1. The number of rotatable bonds is 9. The number of aromatic amines is 1. The maximum Gasteiger partial charge on any atom is 0.258 e. The molecule has 0 saturated heterocycles. The maximum atomic E-state index is 12.2. The van der Waals surface area contributed by atoms with Gasteiger partial charge in [0.15, 0.2) is 6.61 Å². The number of phenols is 1. The molecule has 2 atom stereocenters. The largest absolute Gasteiger partial charge is 0.506 e. The number of carbonyl (C=O) groups is 1. The lowest BCUT2D eigenvalue weighted by atomic mass is 9.95. The van der Waals surface area contributed by atoms with Crippen molar-refractivity contribution in [1.29, 1.82) is 0 Å². The van der Waals surface area contributed by atoms with Crippen molar-refractivity contribution in [2.24, 2.45) is 0 Å². The summed E-state index contributed by atoms with van der Waals surface area (Å²) in [5.41, 5.74) is 1.54. The van der Waals surface area contributed by atoms with Crippen LogP contribution in [0.25, 0.3) is 10.9 Å². The van der Waals surface area contributed by atoms with Gasteiger partial charge >= 0.3 is 0 Å². The maximum absolute atomic E-state index is 12.2. The van der Waals surface area contributed by atoms with E-state index in [4.69, 9.17) is 4.74 Å². The van der Waals surface area contributed by atoms with E-state index in [0.29, 0.717) is 28.8 Å². The van der Waals surface area contributed by atoms with Crippen molar-refractivity contribution in [3.05, 3.63) is 76.4 Å². The van der Waals surface area contributed by atoms with Gasteiger partial charge in [0.1, 0.15) is 11.5 Å². The molecule has 1 heterocycles. The van der Waals surface area contributed by atoms with Crippen LogP contribution in [0.5, 0.6) is 11.5 Å². The minimum atomic E-state index is -0.839. The first kappa shape index (κ1) is 23.8. The van der Waals surface area contributed by atoms with E-state index < -0.39 is 6.10 Å². The summed E-state index contributed by atoms with van der Waals surface area (Å²) in [5, 5.41) is 27.5. The molecule has 8 heteroatoms. The van der Waals surface area contributed by atoms with Gasteiger partial charge in [-0.3, -0.25) is 9.59 Å². The molecule has 1 amide bonds. The zero-order chi connectivity index (χ0) is 23.9. The lowest BCUT2D eigenvalue weighted by Gasteiger charge is -2.22. The van der Waals surface area contributed by atoms with Gasteiger partial charge in [-0.25, -0.2) is 0 Å². The number of H-pyrrole nitrogens is 1. The van der Waals surface area contributed by atoms with Crippen molar-refractivity contribution in [3.8, 4) is 11.5 Å². The molecule has 1 fully saturated rings. The quantitative estimate of drug-likeness (QED) is 0.332. The fourth-order valence-corrected chi connectivity index (χ4v) is 4.25. The van der Waals surface area contributed by atoms with Crippen molar-refractivity contribution >= 4 is 16.8 Å². The Morgan fingerprint density at radius 3 is 2.91 bits per heavy atom. The molecule has 2 aromatic carbocycles. The third-order valence-electron chi connectivity index (χ3n) is 5.98. The van der Waals surface area contributed by atoms with Crippen LogP contribution in [0.4, 0.5) is 0 Å². The lowest BCUT2D eigenvalue weighted by Crippen LogP contribution is -2.39. The van der Waals surface area contributed by atoms with Crippen molar-refractivity contribution in [2.75, 3.05) is 13.2 Å². The average Bonchev–Trinajstić information content (AvgIpc) is 2.84. The van der Waals surface area contributed by atoms with E-state index in [2.05, 4.69) is 22.0 Å².